The van der Waals surface area contributed by atoms with Crippen LogP contribution >= 0.6 is 11.3 Å². The largest absolute Gasteiger partial charge is 0.393 e. The molecule has 0 radical (unpaired) electrons. The predicted octanol–water partition coefficient (Wildman–Crippen LogP) is 1.29. The Bertz CT molecular complexity index is 336. The fourth-order valence-corrected chi connectivity index (χ4v) is 1.90. The maximum Gasteiger partial charge on any atom is 0.265 e. The quantitative estimate of drug-likeness (QED) is 0.845. The number of nitrogens with zero attached hydrogens (tertiary/aromatic N) is 2. The van der Waals surface area contributed by atoms with E-state index in [0.29, 0.717) is 17.8 Å². The monoisotopic (exact) mass is 228 g/mol. The van der Waals surface area contributed by atoms with E-state index in [1.165, 1.54) is 11.3 Å². The summed E-state index contributed by atoms with van der Waals surface area (Å²) >= 11 is 1.39. The highest BCUT2D eigenvalue weighted by Crippen LogP contribution is 2.13. The van der Waals surface area contributed by atoms with Gasteiger partial charge in [-0.05, 0) is 20.3 Å². The lowest BCUT2D eigenvalue weighted by molar-refractivity contribution is 0.0773. The molecular weight excluding hydrogens is 212 g/mol. The molecule has 0 aliphatic rings. The minimum atomic E-state index is -0.372. The summed E-state index contributed by atoms with van der Waals surface area (Å²) in [5, 5.41) is 10.0. The summed E-state index contributed by atoms with van der Waals surface area (Å²) in [6, 6.07) is 0. The van der Waals surface area contributed by atoms with Gasteiger partial charge in [-0.15, -0.1) is 11.3 Å². The smallest absolute Gasteiger partial charge is 0.265 e. The molecule has 0 saturated heterocycles. The van der Waals surface area contributed by atoms with Gasteiger partial charge in [0.2, 0.25) is 0 Å². The number of amides is 1. The Morgan fingerprint density at radius 3 is 2.87 bits per heavy atom. The first-order valence-electron chi connectivity index (χ1n) is 4.86. The van der Waals surface area contributed by atoms with Gasteiger partial charge in [-0.2, -0.15) is 0 Å². The van der Waals surface area contributed by atoms with E-state index in [9.17, 15) is 4.79 Å². The highest BCUT2D eigenvalue weighted by molar-refractivity contribution is 7.13. The predicted molar refractivity (Wildman–Crippen MR) is 60.1 cm³/mol. The van der Waals surface area contributed by atoms with E-state index in [1.54, 1.807) is 25.1 Å². The lowest BCUT2D eigenvalue weighted by Crippen LogP contribution is -2.28. The van der Waals surface area contributed by atoms with Gasteiger partial charge in [-0.25, -0.2) is 4.98 Å². The number of aromatic nitrogens is 1. The number of hydrogen-bond acceptors (Lipinski definition) is 4. The van der Waals surface area contributed by atoms with E-state index < -0.39 is 0 Å². The minimum absolute atomic E-state index is 0.0266. The molecule has 0 aliphatic carbocycles. The zero-order valence-electron chi connectivity index (χ0n) is 9.23. The van der Waals surface area contributed by atoms with Crippen LogP contribution in [-0.2, 0) is 0 Å². The number of thiazole rings is 1. The van der Waals surface area contributed by atoms with Crippen LogP contribution in [0, 0.1) is 6.92 Å². The molecule has 0 aliphatic heterocycles. The van der Waals surface area contributed by atoms with Crippen molar-refractivity contribution < 1.29 is 9.90 Å². The van der Waals surface area contributed by atoms with Gasteiger partial charge in [-0.1, -0.05) is 0 Å². The second kappa shape index (κ2) is 5.23. The Balaban J connectivity index is 2.53. The van der Waals surface area contributed by atoms with Crippen molar-refractivity contribution in [3.05, 3.63) is 16.1 Å². The molecular formula is C10H16N2O2S. The zero-order chi connectivity index (χ0) is 11.4. The van der Waals surface area contributed by atoms with Crippen LogP contribution in [0.25, 0.3) is 0 Å². The van der Waals surface area contributed by atoms with Crippen LogP contribution < -0.4 is 0 Å². The number of carbonyl (C=O) groups is 1. The highest BCUT2D eigenvalue weighted by atomic mass is 32.1. The standard InChI is InChI=1S/C10H16N2O2S/c1-7(13)4-5-12(3)10(14)9-6-11-8(2)15-9/h6-7,13H,4-5H2,1-3H3. The third-order valence-electron chi connectivity index (χ3n) is 2.06. The van der Waals surface area contributed by atoms with E-state index in [4.69, 9.17) is 5.11 Å². The number of aryl methyl sites for hydroxylation is 1. The molecule has 84 valence electrons. The van der Waals surface area contributed by atoms with Gasteiger partial charge in [0, 0.05) is 13.6 Å². The molecule has 1 aromatic heterocycles. The van der Waals surface area contributed by atoms with E-state index in [0.717, 1.165) is 5.01 Å². The third-order valence-corrected chi connectivity index (χ3v) is 2.96. The summed E-state index contributed by atoms with van der Waals surface area (Å²) in [5.41, 5.74) is 0. The van der Waals surface area contributed by atoms with Gasteiger partial charge in [0.15, 0.2) is 0 Å². The fraction of sp³-hybridized carbons (Fsp3) is 0.600. The molecule has 1 unspecified atom stereocenters. The maximum absolute atomic E-state index is 11.8. The van der Waals surface area contributed by atoms with Crippen molar-refractivity contribution in [1.82, 2.24) is 9.88 Å². The third kappa shape index (κ3) is 3.60. The van der Waals surface area contributed by atoms with E-state index in [1.807, 2.05) is 6.92 Å². The molecule has 1 atom stereocenters. The SMILES string of the molecule is Cc1ncc(C(=O)N(C)CCC(C)O)s1. The summed E-state index contributed by atoms with van der Waals surface area (Å²) in [6.45, 7) is 4.15. The van der Waals surface area contributed by atoms with Crippen molar-refractivity contribution in [1.29, 1.82) is 0 Å². The van der Waals surface area contributed by atoms with Crippen molar-refractivity contribution in [3.63, 3.8) is 0 Å². The van der Waals surface area contributed by atoms with Gasteiger partial charge in [0.05, 0.1) is 17.3 Å². The van der Waals surface area contributed by atoms with Gasteiger partial charge >= 0.3 is 0 Å². The highest BCUT2D eigenvalue weighted by Gasteiger charge is 2.14. The molecule has 1 N–H and O–H groups in total. The van der Waals surface area contributed by atoms with Crippen LogP contribution in [0.1, 0.15) is 28.0 Å². The van der Waals surface area contributed by atoms with Gasteiger partial charge in [0.1, 0.15) is 4.88 Å². The molecule has 1 aromatic rings. The first-order valence-corrected chi connectivity index (χ1v) is 5.68. The van der Waals surface area contributed by atoms with Crippen LogP contribution in [0.2, 0.25) is 0 Å². The van der Waals surface area contributed by atoms with Crippen molar-refractivity contribution in [2.24, 2.45) is 0 Å². The van der Waals surface area contributed by atoms with Crippen LogP contribution in [0.15, 0.2) is 6.20 Å². The summed E-state index contributed by atoms with van der Waals surface area (Å²) in [4.78, 5) is 18.1. The number of carbonyl (C=O) groups excluding carboxylic acids is 1. The number of aliphatic hydroxyl groups is 1. The molecule has 1 amide bonds. The Morgan fingerprint density at radius 1 is 1.73 bits per heavy atom. The fourth-order valence-electron chi connectivity index (χ4n) is 1.13. The molecule has 4 nitrogen and oxygen atoms in total. The molecule has 0 aromatic carbocycles. The van der Waals surface area contributed by atoms with Gasteiger partial charge < -0.3 is 10.0 Å². The van der Waals surface area contributed by atoms with Gasteiger partial charge in [0.25, 0.3) is 5.91 Å². The minimum Gasteiger partial charge on any atom is -0.393 e. The molecule has 15 heavy (non-hydrogen) atoms. The zero-order valence-corrected chi connectivity index (χ0v) is 10.0. The molecule has 0 saturated carbocycles. The number of hydrogen-bond donors (Lipinski definition) is 1. The van der Waals surface area contributed by atoms with E-state index in [2.05, 4.69) is 4.98 Å². The van der Waals surface area contributed by atoms with Crippen LogP contribution in [0.5, 0.6) is 0 Å². The lowest BCUT2D eigenvalue weighted by Gasteiger charge is -2.16. The maximum atomic E-state index is 11.8. The topological polar surface area (TPSA) is 53.4 Å². The molecule has 0 bridgehead atoms. The Hall–Kier alpha value is -0.940. The average Bonchev–Trinajstić information content (AvgIpc) is 2.60. The first-order chi connectivity index (χ1) is 7.00. The molecule has 1 rings (SSSR count). The van der Waals surface area contributed by atoms with Crippen LogP contribution in [0.3, 0.4) is 0 Å². The van der Waals surface area contributed by atoms with Crippen molar-refractivity contribution in [3.8, 4) is 0 Å². The van der Waals surface area contributed by atoms with Crippen LogP contribution in [0.4, 0.5) is 0 Å². The molecule has 5 heteroatoms. The molecule has 0 fully saturated rings. The summed E-state index contributed by atoms with van der Waals surface area (Å²) in [5.74, 6) is -0.0266. The normalized spacial score (nSPS) is 12.5. The van der Waals surface area contributed by atoms with Crippen molar-refractivity contribution >= 4 is 17.2 Å². The van der Waals surface area contributed by atoms with Crippen molar-refractivity contribution in [2.75, 3.05) is 13.6 Å². The van der Waals surface area contributed by atoms with Crippen LogP contribution in [-0.4, -0.2) is 40.6 Å². The Kier molecular flexibility index (Phi) is 4.23. The lowest BCUT2D eigenvalue weighted by atomic mass is 10.3. The summed E-state index contributed by atoms with van der Waals surface area (Å²) < 4.78 is 0. The number of aliphatic hydroxyl groups excluding tert-OH is 1. The number of rotatable bonds is 4. The average molecular weight is 228 g/mol. The Morgan fingerprint density at radius 2 is 2.40 bits per heavy atom. The second-order valence-corrected chi connectivity index (χ2v) is 4.84. The first kappa shape index (κ1) is 12.1. The van der Waals surface area contributed by atoms with Crippen molar-refractivity contribution in [2.45, 2.75) is 26.4 Å². The van der Waals surface area contributed by atoms with Gasteiger partial charge in [-0.3, -0.25) is 4.79 Å². The molecule has 1 heterocycles. The second-order valence-electron chi connectivity index (χ2n) is 3.61. The molecule has 0 spiro atoms. The Labute approximate surface area is 93.6 Å². The summed E-state index contributed by atoms with van der Waals surface area (Å²) in [6.07, 6.45) is 1.82. The summed E-state index contributed by atoms with van der Waals surface area (Å²) in [7, 11) is 1.74. The van der Waals surface area contributed by atoms with E-state index in [-0.39, 0.29) is 12.0 Å². The van der Waals surface area contributed by atoms with E-state index >= 15 is 0 Å².